The van der Waals surface area contributed by atoms with Gasteiger partial charge < -0.3 is 9.47 Å². The van der Waals surface area contributed by atoms with Gasteiger partial charge in [-0.2, -0.15) is 0 Å². The molecule has 0 bridgehead atoms. The number of hydrogen-bond donors (Lipinski definition) is 0. The number of fused-ring (bicyclic) bond motifs is 2. The molecule has 1 atom stereocenters. The number of carbonyl (C=O) groups excluding carboxylic acids is 1. The summed E-state index contributed by atoms with van der Waals surface area (Å²) in [6, 6.07) is 24.0. The third-order valence-corrected chi connectivity index (χ3v) is 4.93. The fourth-order valence-corrected chi connectivity index (χ4v) is 3.26. The lowest BCUT2D eigenvalue weighted by molar-refractivity contribution is -0.141. The van der Waals surface area contributed by atoms with Gasteiger partial charge in [-0.05, 0) is 47.5 Å². The Hall–Kier alpha value is -3.40. The first-order chi connectivity index (χ1) is 13.6. The predicted octanol–water partition coefficient (Wildman–Crippen LogP) is 5.24. The SMILES string of the molecule is COC(=O)[C@@H](C)c1ccc2cc(OCc3ccc4ccccc4n3)ccc2c1. The number of rotatable bonds is 5. The second kappa shape index (κ2) is 7.69. The number of benzene rings is 3. The number of aromatic nitrogens is 1. The van der Waals surface area contributed by atoms with Crippen molar-refractivity contribution in [2.24, 2.45) is 0 Å². The normalized spacial score (nSPS) is 12.1. The van der Waals surface area contributed by atoms with E-state index in [0.717, 1.165) is 38.7 Å². The molecule has 28 heavy (non-hydrogen) atoms. The van der Waals surface area contributed by atoms with Gasteiger partial charge in [-0.25, -0.2) is 4.98 Å². The number of esters is 1. The Bertz CT molecular complexity index is 1150. The van der Waals surface area contributed by atoms with Crippen LogP contribution in [-0.4, -0.2) is 18.1 Å². The highest BCUT2D eigenvalue weighted by molar-refractivity contribution is 5.86. The Balaban J connectivity index is 1.51. The second-order valence-corrected chi connectivity index (χ2v) is 6.80. The molecule has 0 aliphatic heterocycles. The quantitative estimate of drug-likeness (QED) is 0.450. The van der Waals surface area contributed by atoms with Gasteiger partial charge in [-0.15, -0.1) is 0 Å². The van der Waals surface area contributed by atoms with Crippen molar-refractivity contribution in [2.45, 2.75) is 19.4 Å². The minimum Gasteiger partial charge on any atom is -0.487 e. The molecule has 3 aromatic carbocycles. The molecule has 0 aliphatic rings. The molecule has 140 valence electrons. The molecule has 0 aliphatic carbocycles. The van der Waals surface area contributed by atoms with Crippen LogP contribution >= 0.6 is 0 Å². The summed E-state index contributed by atoms with van der Waals surface area (Å²) in [5.41, 5.74) is 2.80. The highest BCUT2D eigenvalue weighted by Gasteiger charge is 2.15. The summed E-state index contributed by atoms with van der Waals surface area (Å²) in [4.78, 5) is 16.4. The number of pyridine rings is 1. The number of ether oxygens (including phenoxy) is 2. The van der Waals surface area contributed by atoms with Gasteiger partial charge in [-0.1, -0.05) is 48.5 Å². The molecule has 0 N–H and O–H groups in total. The summed E-state index contributed by atoms with van der Waals surface area (Å²) in [6.07, 6.45) is 0. The van der Waals surface area contributed by atoms with E-state index in [-0.39, 0.29) is 11.9 Å². The third-order valence-electron chi connectivity index (χ3n) is 4.93. The number of methoxy groups -OCH3 is 1. The number of nitrogens with zero attached hydrogens (tertiary/aromatic N) is 1. The van der Waals surface area contributed by atoms with Gasteiger partial charge in [0, 0.05) is 5.39 Å². The van der Waals surface area contributed by atoms with Gasteiger partial charge in [0.1, 0.15) is 12.4 Å². The maximum Gasteiger partial charge on any atom is 0.312 e. The van der Waals surface area contributed by atoms with Crippen molar-refractivity contribution in [2.75, 3.05) is 7.11 Å². The van der Waals surface area contributed by atoms with E-state index in [0.29, 0.717) is 6.61 Å². The summed E-state index contributed by atoms with van der Waals surface area (Å²) < 4.78 is 10.8. The van der Waals surface area contributed by atoms with E-state index in [4.69, 9.17) is 9.47 Å². The summed E-state index contributed by atoms with van der Waals surface area (Å²) in [5, 5.41) is 3.24. The fraction of sp³-hybridized carbons (Fsp3) is 0.167. The summed E-state index contributed by atoms with van der Waals surface area (Å²) in [5.74, 6) is 0.266. The van der Waals surface area contributed by atoms with Crippen LogP contribution in [0, 0.1) is 0 Å². The molecule has 4 heteroatoms. The summed E-state index contributed by atoms with van der Waals surface area (Å²) in [6.45, 7) is 2.26. The van der Waals surface area contributed by atoms with Crippen LogP contribution < -0.4 is 4.74 Å². The first-order valence-corrected chi connectivity index (χ1v) is 9.23. The topological polar surface area (TPSA) is 48.4 Å². The molecule has 1 aromatic heterocycles. The average Bonchev–Trinajstić information content (AvgIpc) is 2.76. The first-order valence-electron chi connectivity index (χ1n) is 9.23. The molecule has 4 rings (SSSR count). The van der Waals surface area contributed by atoms with Crippen molar-refractivity contribution in [3.63, 3.8) is 0 Å². The van der Waals surface area contributed by atoms with E-state index in [9.17, 15) is 4.79 Å². The minimum absolute atomic E-state index is 0.234. The van der Waals surface area contributed by atoms with Crippen LogP contribution in [0.15, 0.2) is 72.8 Å². The van der Waals surface area contributed by atoms with Gasteiger partial charge in [0.05, 0.1) is 24.2 Å². The fourth-order valence-electron chi connectivity index (χ4n) is 3.26. The molecule has 4 aromatic rings. The molecule has 0 fully saturated rings. The largest absolute Gasteiger partial charge is 0.487 e. The molecule has 0 saturated heterocycles. The van der Waals surface area contributed by atoms with E-state index in [1.54, 1.807) is 0 Å². The van der Waals surface area contributed by atoms with Crippen LogP contribution in [0.2, 0.25) is 0 Å². The van der Waals surface area contributed by atoms with E-state index in [1.807, 2.05) is 73.7 Å². The molecule has 1 heterocycles. The lowest BCUT2D eigenvalue weighted by atomic mass is 9.98. The molecule has 0 spiro atoms. The van der Waals surface area contributed by atoms with Crippen molar-refractivity contribution in [3.05, 3.63) is 84.1 Å². The smallest absolute Gasteiger partial charge is 0.312 e. The standard InChI is InChI=1S/C24H21NO3/c1-16(24(26)27-2)18-7-8-20-14-22(12-10-19(20)13-18)28-15-21-11-9-17-5-3-4-6-23(17)25-21/h3-14,16H,15H2,1-2H3/t16-/m0/s1. The van der Waals surface area contributed by atoms with Gasteiger partial charge in [0.25, 0.3) is 0 Å². The zero-order chi connectivity index (χ0) is 19.5. The number of carbonyl (C=O) groups is 1. The van der Waals surface area contributed by atoms with Crippen molar-refractivity contribution in [1.29, 1.82) is 0 Å². The zero-order valence-electron chi connectivity index (χ0n) is 15.9. The van der Waals surface area contributed by atoms with Crippen LogP contribution in [0.25, 0.3) is 21.7 Å². The monoisotopic (exact) mass is 371 g/mol. The van der Waals surface area contributed by atoms with Gasteiger partial charge in [0.15, 0.2) is 0 Å². The first kappa shape index (κ1) is 18.0. The zero-order valence-corrected chi connectivity index (χ0v) is 15.9. The Morgan fingerprint density at radius 3 is 2.54 bits per heavy atom. The summed E-state index contributed by atoms with van der Waals surface area (Å²) in [7, 11) is 1.41. The van der Waals surface area contributed by atoms with E-state index >= 15 is 0 Å². The van der Waals surface area contributed by atoms with Crippen molar-refractivity contribution >= 4 is 27.6 Å². The lowest BCUT2D eigenvalue weighted by Crippen LogP contribution is -2.10. The van der Waals surface area contributed by atoms with Gasteiger partial charge in [0.2, 0.25) is 0 Å². The number of hydrogen-bond acceptors (Lipinski definition) is 4. The Labute approximate surface area is 163 Å². The highest BCUT2D eigenvalue weighted by Crippen LogP contribution is 2.26. The Morgan fingerprint density at radius 1 is 0.929 bits per heavy atom. The van der Waals surface area contributed by atoms with E-state index in [1.165, 1.54) is 7.11 Å². The van der Waals surface area contributed by atoms with Crippen LogP contribution in [-0.2, 0) is 16.1 Å². The van der Waals surface area contributed by atoms with Crippen LogP contribution in [0.3, 0.4) is 0 Å². The second-order valence-electron chi connectivity index (χ2n) is 6.80. The summed E-state index contributed by atoms with van der Waals surface area (Å²) >= 11 is 0. The molecule has 0 saturated carbocycles. The van der Waals surface area contributed by atoms with Crippen molar-refractivity contribution in [1.82, 2.24) is 4.98 Å². The molecular formula is C24H21NO3. The molecule has 0 unspecified atom stereocenters. The Kier molecular flexibility index (Phi) is 4.94. The highest BCUT2D eigenvalue weighted by atomic mass is 16.5. The predicted molar refractivity (Wildman–Crippen MR) is 110 cm³/mol. The van der Waals surface area contributed by atoms with Gasteiger partial charge in [-0.3, -0.25) is 4.79 Å². The van der Waals surface area contributed by atoms with Crippen molar-refractivity contribution < 1.29 is 14.3 Å². The molecule has 0 radical (unpaired) electrons. The van der Waals surface area contributed by atoms with Crippen LogP contribution in [0.4, 0.5) is 0 Å². The lowest BCUT2D eigenvalue weighted by Gasteiger charge is -2.11. The van der Waals surface area contributed by atoms with Gasteiger partial charge >= 0.3 is 5.97 Å². The van der Waals surface area contributed by atoms with Crippen LogP contribution in [0.5, 0.6) is 5.75 Å². The molecular weight excluding hydrogens is 350 g/mol. The number of para-hydroxylation sites is 1. The van der Waals surface area contributed by atoms with E-state index in [2.05, 4.69) is 11.1 Å². The third kappa shape index (κ3) is 3.67. The molecule has 4 nitrogen and oxygen atoms in total. The average molecular weight is 371 g/mol. The maximum absolute atomic E-state index is 11.8. The van der Waals surface area contributed by atoms with Crippen LogP contribution in [0.1, 0.15) is 24.1 Å². The maximum atomic E-state index is 11.8. The Morgan fingerprint density at radius 2 is 1.68 bits per heavy atom. The minimum atomic E-state index is -0.288. The molecule has 0 amide bonds. The van der Waals surface area contributed by atoms with Crippen molar-refractivity contribution in [3.8, 4) is 5.75 Å². The van der Waals surface area contributed by atoms with E-state index < -0.39 is 0 Å².